The van der Waals surface area contributed by atoms with Gasteiger partial charge in [0.1, 0.15) is 23.5 Å². The van der Waals surface area contributed by atoms with Crippen LogP contribution in [0.4, 0.5) is 5.69 Å². The number of carbonyl (C=O) groups is 1. The highest BCUT2D eigenvalue weighted by molar-refractivity contribution is 7.92. The number of amides is 1. The monoisotopic (exact) mass is 723 g/mol. The van der Waals surface area contributed by atoms with E-state index in [9.17, 15) is 13.2 Å². The molecule has 1 fully saturated rings. The van der Waals surface area contributed by atoms with Crippen molar-refractivity contribution >= 4 is 21.4 Å². The van der Waals surface area contributed by atoms with Crippen LogP contribution >= 0.6 is 0 Å². The van der Waals surface area contributed by atoms with Gasteiger partial charge in [0.15, 0.2) is 9.84 Å². The highest BCUT2D eigenvalue weighted by atomic mass is 32.2. The van der Waals surface area contributed by atoms with Crippen LogP contribution in [0.5, 0.6) is 11.5 Å². The number of unbranched alkanes of at least 4 members (excludes halogenated alkanes) is 1. The molecule has 3 aromatic rings. The zero-order valence-corrected chi connectivity index (χ0v) is 31.1. The van der Waals surface area contributed by atoms with Crippen molar-refractivity contribution in [2.75, 3.05) is 71.7 Å². The number of rotatable bonds is 18. The van der Waals surface area contributed by atoms with Crippen molar-refractivity contribution in [1.29, 1.82) is 0 Å². The first-order valence-electron chi connectivity index (χ1n) is 17.8. The number of piperidine rings is 1. The van der Waals surface area contributed by atoms with Crippen molar-refractivity contribution in [3.63, 3.8) is 0 Å². The molecule has 3 aromatic carbocycles. The predicted octanol–water partition coefficient (Wildman–Crippen LogP) is 4.86. The third-order valence-corrected chi connectivity index (χ3v) is 11.6. The molecule has 5 rings (SSSR count). The number of aryl methyl sites for hydroxylation is 1. The minimum Gasteiger partial charge on any atom is -0.494 e. The fourth-order valence-corrected chi connectivity index (χ4v) is 8.76. The van der Waals surface area contributed by atoms with Gasteiger partial charge in [0, 0.05) is 65.8 Å². The van der Waals surface area contributed by atoms with E-state index in [0.717, 1.165) is 66.2 Å². The van der Waals surface area contributed by atoms with Gasteiger partial charge in [-0.05, 0) is 73.7 Å². The lowest BCUT2D eigenvalue weighted by atomic mass is 9.78. The van der Waals surface area contributed by atoms with Crippen LogP contribution in [0.1, 0.15) is 48.8 Å². The zero-order valence-electron chi connectivity index (χ0n) is 30.3. The summed E-state index contributed by atoms with van der Waals surface area (Å²) in [6.45, 7) is 8.68. The number of benzene rings is 3. The van der Waals surface area contributed by atoms with E-state index in [1.165, 1.54) is 6.92 Å². The summed E-state index contributed by atoms with van der Waals surface area (Å²) in [4.78, 5) is 15.1. The number of sulfone groups is 1. The maximum Gasteiger partial charge on any atom is 0.217 e. The zero-order chi connectivity index (χ0) is 36.2. The first kappa shape index (κ1) is 38.5. The molecule has 0 bridgehead atoms. The van der Waals surface area contributed by atoms with Crippen LogP contribution in [0.15, 0.2) is 71.6 Å². The van der Waals surface area contributed by atoms with E-state index in [-0.39, 0.29) is 10.8 Å². The molecule has 2 aliphatic rings. The Hall–Kier alpha value is -3.68. The van der Waals surface area contributed by atoms with Crippen LogP contribution in [0.25, 0.3) is 0 Å². The summed E-state index contributed by atoms with van der Waals surface area (Å²) in [7, 11) is -0.587. The van der Waals surface area contributed by atoms with E-state index >= 15 is 0 Å². The molecule has 1 amide bonds. The molecule has 1 saturated heterocycles. The molecule has 278 valence electrons. The number of carbonyl (C=O) groups excluding carboxylic acids is 1. The van der Waals surface area contributed by atoms with E-state index < -0.39 is 33.1 Å². The lowest BCUT2D eigenvalue weighted by molar-refractivity contribution is -0.119. The first-order chi connectivity index (χ1) is 24.7. The van der Waals surface area contributed by atoms with Gasteiger partial charge in [-0.2, -0.15) is 0 Å². The van der Waals surface area contributed by atoms with E-state index in [4.69, 9.17) is 23.7 Å². The molecule has 12 heteroatoms. The lowest BCUT2D eigenvalue weighted by Crippen LogP contribution is -2.56. The maximum atomic E-state index is 14.3. The SMILES string of the molecule is COCCCCOc1ccc([C@@H]2[C@@H](OCc3ccc4c(c3)N(CCCOC)CCO4)CNC[C@@H]2C(NC(C)=O)S(=O)(=O)c2ccc(C)cc2)cc1. The van der Waals surface area contributed by atoms with Crippen molar-refractivity contribution in [2.24, 2.45) is 5.92 Å². The largest absolute Gasteiger partial charge is 0.494 e. The van der Waals surface area contributed by atoms with Crippen LogP contribution in [0.2, 0.25) is 0 Å². The van der Waals surface area contributed by atoms with E-state index in [2.05, 4.69) is 21.6 Å². The molecule has 0 saturated carbocycles. The smallest absolute Gasteiger partial charge is 0.217 e. The second-order valence-electron chi connectivity index (χ2n) is 13.3. The molecule has 0 radical (unpaired) electrons. The van der Waals surface area contributed by atoms with Gasteiger partial charge in [-0.15, -0.1) is 0 Å². The van der Waals surface area contributed by atoms with Gasteiger partial charge in [0.2, 0.25) is 5.91 Å². The third-order valence-electron chi connectivity index (χ3n) is 9.51. The molecule has 11 nitrogen and oxygen atoms in total. The lowest BCUT2D eigenvalue weighted by Gasteiger charge is -2.42. The molecule has 4 atom stereocenters. The molecule has 1 unspecified atom stereocenters. The molecule has 0 aliphatic carbocycles. The predicted molar refractivity (Wildman–Crippen MR) is 197 cm³/mol. The summed E-state index contributed by atoms with van der Waals surface area (Å²) >= 11 is 0. The Morgan fingerprint density at radius 2 is 1.69 bits per heavy atom. The number of hydrogen-bond acceptors (Lipinski definition) is 10. The Balaban J connectivity index is 1.43. The summed E-state index contributed by atoms with van der Waals surface area (Å²) in [5.74, 6) is 0.246. The fraction of sp³-hybridized carbons (Fsp3) is 0.513. The van der Waals surface area contributed by atoms with E-state index in [1.807, 2.05) is 43.3 Å². The average molecular weight is 724 g/mol. The van der Waals surface area contributed by atoms with Crippen molar-refractivity contribution in [2.45, 2.75) is 62.0 Å². The van der Waals surface area contributed by atoms with Gasteiger partial charge in [-0.1, -0.05) is 35.9 Å². The van der Waals surface area contributed by atoms with Gasteiger partial charge >= 0.3 is 0 Å². The Morgan fingerprint density at radius 3 is 2.41 bits per heavy atom. The Labute approximate surface area is 302 Å². The van der Waals surface area contributed by atoms with Gasteiger partial charge in [0.25, 0.3) is 0 Å². The summed E-state index contributed by atoms with van der Waals surface area (Å²) in [6, 6.07) is 20.7. The number of anilines is 1. The van der Waals surface area contributed by atoms with Gasteiger partial charge in [0.05, 0.1) is 36.4 Å². The molecule has 2 heterocycles. The molecule has 2 aliphatic heterocycles. The van der Waals surface area contributed by atoms with Crippen LogP contribution in [0.3, 0.4) is 0 Å². The highest BCUT2D eigenvalue weighted by Gasteiger charge is 2.45. The van der Waals surface area contributed by atoms with Crippen molar-refractivity contribution < 1.29 is 36.9 Å². The molecule has 51 heavy (non-hydrogen) atoms. The first-order valence-corrected chi connectivity index (χ1v) is 19.4. The van der Waals surface area contributed by atoms with E-state index in [0.29, 0.717) is 46.1 Å². The Bertz CT molecular complexity index is 1650. The molecular formula is C39H53N3O8S. The summed E-state index contributed by atoms with van der Waals surface area (Å²) in [6.07, 6.45) is 2.29. The van der Waals surface area contributed by atoms with Crippen molar-refractivity contribution in [1.82, 2.24) is 10.6 Å². The van der Waals surface area contributed by atoms with Crippen LogP contribution in [-0.2, 0) is 35.4 Å². The fourth-order valence-electron chi connectivity index (χ4n) is 6.90. The van der Waals surface area contributed by atoms with Gasteiger partial charge in [-0.25, -0.2) is 8.42 Å². The standard InChI is InChI=1S/C39H53N3O8S/c1-28-8-15-33(16-9-28)51(44,45)39(41-29(2)43)34-25-40-26-37(38(34)31-11-13-32(14-12-31)48-22-6-5-20-46-3)50-27-30-10-17-36-35(24-30)42(19-23-49-36)18-7-21-47-4/h8-17,24,34,37-40H,5-7,18-23,25-27H2,1-4H3,(H,41,43)/t34-,37-,38-,39?/m0/s1. The summed E-state index contributed by atoms with van der Waals surface area (Å²) < 4.78 is 57.7. The average Bonchev–Trinajstić information content (AvgIpc) is 3.13. The van der Waals surface area contributed by atoms with Crippen LogP contribution in [-0.4, -0.2) is 92.6 Å². The highest BCUT2D eigenvalue weighted by Crippen LogP contribution is 2.39. The molecular weight excluding hydrogens is 671 g/mol. The Kier molecular flexibility index (Phi) is 14.1. The normalized spacial score (nSPS) is 19.5. The number of nitrogens with zero attached hydrogens (tertiary/aromatic N) is 1. The quantitative estimate of drug-likeness (QED) is 0.176. The number of fused-ring (bicyclic) bond motifs is 1. The molecule has 0 spiro atoms. The third kappa shape index (κ3) is 10.2. The minimum atomic E-state index is -3.99. The second-order valence-corrected chi connectivity index (χ2v) is 15.3. The number of hydrogen-bond donors (Lipinski definition) is 2. The van der Waals surface area contributed by atoms with Gasteiger partial charge in [-0.3, -0.25) is 4.79 Å². The summed E-state index contributed by atoms with van der Waals surface area (Å²) in [5.41, 5.74) is 3.88. The van der Waals surface area contributed by atoms with E-state index in [1.54, 1.807) is 38.5 Å². The molecule has 2 N–H and O–H groups in total. The maximum absolute atomic E-state index is 14.3. The second kappa shape index (κ2) is 18.7. The van der Waals surface area contributed by atoms with Crippen molar-refractivity contribution in [3.05, 3.63) is 83.4 Å². The topological polar surface area (TPSA) is 125 Å². The summed E-state index contributed by atoms with van der Waals surface area (Å²) in [5, 5.41) is 5.07. The molecule has 0 aromatic heterocycles. The number of ether oxygens (including phenoxy) is 5. The van der Waals surface area contributed by atoms with Crippen LogP contribution < -0.4 is 25.0 Å². The Morgan fingerprint density at radius 1 is 0.961 bits per heavy atom. The number of methoxy groups -OCH3 is 2. The van der Waals surface area contributed by atoms with Crippen molar-refractivity contribution in [3.8, 4) is 11.5 Å². The minimum absolute atomic E-state index is 0.164. The van der Waals surface area contributed by atoms with Gasteiger partial charge < -0.3 is 39.2 Å². The van der Waals surface area contributed by atoms with Crippen LogP contribution in [0, 0.1) is 12.8 Å². The number of nitrogens with one attached hydrogen (secondary N) is 2.